The maximum Gasteiger partial charge on any atom is 0.143 e. The summed E-state index contributed by atoms with van der Waals surface area (Å²) < 4.78 is 0. The summed E-state index contributed by atoms with van der Waals surface area (Å²) in [6.07, 6.45) is 0. The van der Waals surface area contributed by atoms with Gasteiger partial charge in [-0.1, -0.05) is 0 Å². The standard InChI is InChI=1S/C14H24N2O4/c1-11(17)7-15(8-12(2)18)5-6-16(9-13(3)19)10-14(4)20/h5-10H2,1-4H3. The van der Waals surface area contributed by atoms with E-state index in [1.54, 1.807) is 9.80 Å². The molecule has 0 aliphatic heterocycles. The van der Waals surface area contributed by atoms with Crippen molar-refractivity contribution in [1.29, 1.82) is 0 Å². The summed E-state index contributed by atoms with van der Waals surface area (Å²) in [6.45, 7) is 7.62. The molecule has 0 aromatic heterocycles. The third kappa shape index (κ3) is 10.5. The van der Waals surface area contributed by atoms with Gasteiger partial charge in [-0.05, 0) is 27.7 Å². The van der Waals surface area contributed by atoms with Gasteiger partial charge < -0.3 is 0 Å². The van der Waals surface area contributed by atoms with Crippen LogP contribution in [0.1, 0.15) is 27.7 Å². The van der Waals surface area contributed by atoms with Crippen LogP contribution in [0.3, 0.4) is 0 Å². The Morgan fingerprint density at radius 3 is 0.900 bits per heavy atom. The highest BCUT2D eigenvalue weighted by Gasteiger charge is 2.14. The molecular formula is C14H24N2O4. The fourth-order valence-electron chi connectivity index (χ4n) is 1.97. The molecule has 0 saturated heterocycles. The second kappa shape index (κ2) is 9.50. The Labute approximate surface area is 120 Å². The number of Topliss-reactive ketones (excluding diaryl/α,β-unsaturated/α-hetero) is 4. The number of hydrogen-bond acceptors (Lipinski definition) is 6. The van der Waals surface area contributed by atoms with E-state index < -0.39 is 0 Å². The summed E-state index contributed by atoms with van der Waals surface area (Å²) in [5, 5.41) is 0. The van der Waals surface area contributed by atoms with Gasteiger partial charge >= 0.3 is 0 Å². The summed E-state index contributed by atoms with van der Waals surface area (Å²) in [7, 11) is 0. The van der Waals surface area contributed by atoms with Crippen molar-refractivity contribution in [2.24, 2.45) is 0 Å². The molecule has 6 nitrogen and oxygen atoms in total. The minimum atomic E-state index is -0.0177. The zero-order chi connectivity index (χ0) is 15.7. The third-order valence-electron chi connectivity index (χ3n) is 2.52. The second-order valence-corrected chi connectivity index (χ2v) is 5.23. The molecule has 0 saturated carbocycles. The van der Waals surface area contributed by atoms with Crippen LogP contribution in [0.4, 0.5) is 0 Å². The van der Waals surface area contributed by atoms with E-state index in [1.165, 1.54) is 27.7 Å². The van der Waals surface area contributed by atoms with Gasteiger partial charge in [0.1, 0.15) is 23.1 Å². The van der Waals surface area contributed by atoms with Crippen molar-refractivity contribution in [3.8, 4) is 0 Å². The third-order valence-corrected chi connectivity index (χ3v) is 2.52. The first-order valence-corrected chi connectivity index (χ1v) is 6.63. The number of carbonyl (C=O) groups excluding carboxylic acids is 4. The van der Waals surface area contributed by atoms with E-state index in [0.29, 0.717) is 13.1 Å². The fraction of sp³-hybridized carbons (Fsp3) is 0.714. The summed E-state index contributed by atoms with van der Waals surface area (Å²) in [4.78, 5) is 48.1. The van der Waals surface area contributed by atoms with Gasteiger partial charge in [0.25, 0.3) is 0 Å². The number of nitrogens with zero attached hydrogens (tertiary/aromatic N) is 2. The molecule has 6 heteroatoms. The first-order valence-electron chi connectivity index (χ1n) is 6.63. The Kier molecular flexibility index (Phi) is 8.83. The number of ketones is 4. The molecule has 20 heavy (non-hydrogen) atoms. The lowest BCUT2D eigenvalue weighted by Crippen LogP contribution is -2.42. The van der Waals surface area contributed by atoms with Crippen molar-refractivity contribution in [2.45, 2.75) is 27.7 Å². The Morgan fingerprint density at radius 2 is 0.750 bits per heavy atom. The first-order chi connectivity index (χ1) is 9.20. The molecule has 0 aromatic rings. The highest BCUT2D eigenvalue weighted by atomic mass is 16.1. The molecule has 0 bridgehead atoms. The summed E-state index contributed by atoms with van der Waals surface area (Å²) >= 11 is 0. The maximum absolute atomic E-state index is 11.2. The van der Waals surface area contributed by atoms with Gasteiger partial charge in [-0.3, -0.25) is 29.0 Å². The van der Waals surface area contributed by atoms with E-state index in [4.69, 9.17) is 0 Å². The van der Waals surface area contributed by atoms with Crippen molar-refractivity contribution < 1.29 is 19.2 Å². The summed E-state index contributed by atoms with van der Waals surface area (Å²) in [6, 6.07) is 0. The SMILES string of the molecule is CC(=O)CN(CCN(CC(C)=O)CC(C)=O)CC(C)=O. The van der Waals surface area contributed by atoms with Crippen LogP contribution < -0.4 is 0 Å². The fourth-order valence-corrected chi connectivity index (χ4v) is 1.97. The molecule has 0 amide bonds. The molecule has 0 atom stereocenters. The van der Waals surface area contributed by atoms with E-state index in [9.17, 15) is 19.2 Å². The lowest BCUT2D eigenvalue weighted by molar-refractivity contribution is -0.123. The number of carbonyl (C=O) groups is 4. The lowest BCUT2D eigenvalue weighted by atomic mass is 10.3. The molecule has 0 spiro atoms. The van der Waals surface area contributed by atoms with Gasteiger partial charge in [-0.15, -0.1) is 0 Å². The zero-order valence-corrected chi connectivity index (χ0v) is 12.8. The monoisotopic (exact) mass is 284 g/mol. The zero-order valence-electron chi connectivity index (χ0n) is 12.8. The maximum atomic E-state index is 11.2. The van der Waals surface area contributed by atoms with Gasteiger partial charge in [-0.25, -0.2) is 0 Å². The smallest absolute Gasteiger partial charge is 0.143 e. The molecule has 0 unspecified atom stereocenters. The van der Waals surface area contributed by atoms with Gasteiger partial charge in [0.2, 0.25) is 0 Å². The second-order valence-electron chi connectivity index (χ2n) is 5.23. The average Bonchev–Trinajstić information content (AvgIpc) is 2.22. The number of rotatable bonds is 11. The van der Waals surface area contributed by atoms with Gasteiger partial charge in [0, 0.05) is 13.1 Å². The molecule has 0 aliphatic rings. The Balaban J connectivity index is 4.49. The van der Waals surface area contributed by atoms with Crippen LogP contribution in [0.25, 0.3) is 0 Å². The van der Waals surface area contributed by atoms with Crippen LogP contribution in [0.15, 0.2) is 0 Å². The van der Waals surface area contributed by atoms with Crippen molar-refractivity contribution in [1.82, 2.24) is 9.80 Å². The Morgan fingerprint density at radius 1 is 0.550 bits per heavy atom. The molecule has 0 radical (unpaired) electrons. The first kappa shape index (κ1) is 18.6. The van der Waals surface area contributed by atoms with Crippen molar-refractivity contribution in [2.75, 3.05) is 39.3 Å². The molecule has 0 aliphatic carbocycles. The molecule has 0 heterocycles. The van der Waals surface area contributed by atoms with E-state index >= 15 is 0 Å². The molecule has 0 N–H and O–H groups in total. The molecule has 0 aromatic carbocycles. The molecule has 0 fully saturated rings. The van der Waals surface area contributed by atoms with Gasteiger partial charge in [0.15, 0.2) is 0 Å². The Bertz CT molecular complexity index is 311. The van der Waals surface area contributed by atoms with Gasteiger partial charge in [-0.2, -0.15) is 0 Å². The minimum absolute atomic E-state index is 0.0177. The highest BCUT2D eigenvalue weighted by Crippen LogP contribution is 1.95. The summed E-state index contributed by atoms with van der Waals surface area (Å²) in [5.74, 6) is -0.0706. The van der Waals surface area contributed by atoms with Crippen LogP contribution in [0.5, 0.6) is 0 Å². The predicted molar refractivity (Wildman–Crippen MR) is 75.6 cm³/mol. The van der Waals surface area contributed by atoms with Crippen LogP contribution in [0, 0.1) is 0 Å². The van der Waals surface area contributed by atoms with Crippen molar-refractivity contribution in [3.05, 3.63) is 0 Å². The van der Waals surface area contributed by atoms with Gasteiger partial charge in [0.05, 0.1) is 26.2 Å². The summed E-state index contributed by atoms with van der Waals surface area (Å²) in [5.41, 5.74) is 0. The van der Waals surface area contributed by atoms with E-state index in [1.807, 2.05) is 0 Å². The Hall–Kier alpha value is -1.40. The predicted octanol–water partition coefficient (Wildman–Crippen LogP) is -0.0536. The normalized spacial score (nSPS) is 10.9. The van der Waals surface area contributed by atoms with E-state index in [-0.39, 0.29) is 49.3 Å². The topological polar surface area (TPSA) is 74.8 Å². The van der Waals surface area contributed by atoms with Crippen molar-refractivity contribution in [3.63, 3.8) is 0 Å². The lowest BCUT2D eigenvalue weighted by Gasteiger charge is -2.25. The quantitative estimate of drug-likeness (QED) is 0.529. The molecule has 114 valence electrons. The van der Waals surface area contributed by atoms with Crippen LogP contribution in [-0.4, -0.2) is 72.2 Å². The van der Waals surface area contributed by atoms with E-state index in [2.05, 4.69) is 0 Å². The van der Waals surface area contributed by atoms with Crippen LogP contribution in [-0.2, 0) is 19.2 Å². The minimum Gasteiger partial charge on any atom is -0.299 e. The largest absolute Gasteiger partial charge is 0.299 e. The molecular weight excluding hydrogens is 260 g/mol. The van der Waals surface area contributed by atoms with E-state index in [0.717, 1.165) is 0 Å². The average molecular weight is 284 g/mol. The molecule has 0 rings (SSSR count). The van der Waals surface area contributed by atoms with Crippen molar-refractivity contribution >= 4 is 23.1 Å². The van der Waals surface area contributed by atoms with Crippen LogP contribution in [0.2, 0.25) is 0 Å². The van der Waals surface area contributed by atoms with Crippen LogP contribution >= 0.6 is 0 Å². The highest BCUT2D eigenvalue weighted by molar-refractivity contribution is 5.81. The number of hydrogen-bond donors (Lipinski definition) is 0.